The van der Waals surface area contributed by atoms with Crippen LogP contribution >= 0.6 is 27.3 Å². The number of hydrogen-bond acceptors (Lipinski definition) is 3. The molecule has 0 atom stereocenters. The summed E-state index contributed by atoms with van der Waals surface area (Å²) in [5.74, 6) is 0. The summed E-state index contributed by atoms with van der Waals surface area (Å²) in [5.41, 5.74) is 1.51. The minimum Gasteiger partial charge on any atom is -0.423 e. The van der Waals surface area contributed by atoms with Gasteiger partial charge >= 0.3 is 7.12 Å². The van der Waals surface area contributed by atoms with E-state index in [0.29, 0.717) is 5.46 Å². The van der Waals surface area contributed by atoms with Gasteiger partial charge < -0.3 is 10.0 Å². The van der Waals surface area contributed by atoms with Gasteiger partial charge in [0.25, 0.3) is 0 Å². The SMILES string of the molecule is Cc1ccc2c(Br)csc2c1B(O)O. The summed E-state index contributed by atoms with van der Waals surface area (Å²) in [5, 5.41) is 21.5. The van der Waals surface area contributed by atoms with Crippen molar-refractivity contribution < 1.29 is 10.0 Å². The second-order valence-electron chi connectivity index (χ2n) is 3.13. The molecule has 0 aliphatic carbocycles. The van der Waals surface area contributed by atoms with Crippen LogP contribution in [-0.2, 0) is 0 Å². The van der Waals surface area contributed by atoms with Crippen LogP contribution in [0, 0.1) is 6.92 Å². The Hall–Kier alpha value is -0.355. The zero-order valence-corrected chi connectivity index (χ0v) is 9.89. The van der Waals surface area contributed by atoms with E-state index < -0.39 is 7.12 Å². The lowest BCUT2D eigenvalue weighted by atomic mass is 9.77. The zero-order valence-electron chi connectivity index (χ0n) is 7.49. The van der Waals surface area contributed by atoms with Crippen LogP contribution in [0.5, 0.6) is 0 Å². The predicted molar refractivity (Wildman–Crippen MR) is 64.1 cm³/mol. The van der Waals surface area contributed by atoms with Gasteiger partial charge in [-0.1, -0.05) is 12.1 Å². The molecule has 72 valence electrons. The van der Waals surface area contributed by atoms with E-state index in [9.17, 15) is 10.0 Å². The van der Waals surface area contributed by atoms with Crippen LogP contribution in [0.3, 0.4) is 0 Å². The van der Waals surface area contributed by atoms with Crippen molar-refractivity contribution in [3.63, 3.8) is 0 Å². The van der Waals surface area contributed by atoms with E-state index in [1.807, 2.05) is 24.4 Å². The summed E-state index contributed by atoms with van der Waals surface area (Å²) in [6.07, 6.45) is 0. The molecular formula is C9H8BBrO2S. The van der Waals surface area contributed by atoms with Crippen LogP contribution in [0.25, 0.3) is 10.1 Å². The van der Waals surface area contributed by atoms with Crippen molar-refractivity contribution in [2.45, 2.75) is 6.92 Å². The van der Waals surface area contributed by atoms with Crippen LogP contribution in [0.1, 0.15) is 5.56 Å². The molecule has 2 rings (SSSR count). The summed E-state index contributed by atoms with van der Waals surface area (Å²) >= 11 is 4.94. The molecule has 0 aliphatic heterocycles. The van der Waals surface area contributed by atoms with Gasteiger partial charge in [0.2, 0.25) is 0 Å². The Balaban J connectivity index is 2.83. The lowest BCUT2D eigenvalue weighted by molar-refractivity contribution is 0.426. The second kappa shape index (κ2) is 3.66. The number of halogens is 1. The minimum atomic E-state index is -1.40. The summed E-state index contributed by atoms with van der Waals surface area (Å²) < 4.78 is 1.94. The molecule has 1 aromatic heterocycles. The fraction of sp³-hybridized carbons (Fsp3) is 0.111. The first-order valence-corrected chi connectivity index (χ1v) is 5.81. The fourth-order valence-corrected chi connectivity index (χ4v) is 3.30. The van der Waals surface area contributed by atoms with Gasteiger partial charge in [-0.3, -0.25) is 0 Å². The highest BCUT2D eigenvalue weighted by atomic mass is 79.9. The molecule has 2 N–H and O–H groups in total. The van der Waals surface area contributed by atoms with E-state index in [2.05, 4.69) is 15.9 Å². The Labute approximate surface area is 94.5 Å². The third-order valence-corrected chi connectivity index (χ3v) is 4.20. The van der Waals surface area contributed by atoms with Gasteiger partial charge in [-0.05, 0) is 28.4 Å². The molecule has 0 amide bonds. The van der Waals surface area contributed by atoms with Gasteiger partial charge in [0.05, 0.1) is 0 Å². The van der Waals surface area contributed by atoms with Crippen LogP contribution < -0.4 is 5.46 Å². The molecule has 0 unspecified atom stereocenters. The first-order chi connectivity index (χ1) is 6.61. The van der Waals surface area contributed by atoms with Crippen molar-refractivity contribution in [3.05, 3.63) is 27.5 Å². The summed E-state index contributed by atoms with van der Waals surface area (Å²) in [4.78, 5) is 0. The van der Waals surface area contributed by atoms with Gasteiger partial charge in [-0.15, -0.1) is 11.3 Å². The van der Waals surface area contributed by atoms with Crippen LogP contribution in [0.15, 0.2) is 22.0 Å². The highest BCUT2D eigenvalue weighted by Crippen LogP contribution is 2.29. The van der Waals surface area contributed by atoms with Crippen LogP contribution in [0.4, 0.5) is 0 Å². The monoisotopic (exact) mass is 270 g/mol. The van der Waals surface area contributed by atoms with E-state index in [1.54, 1.807) is 0 Å². The number of rotatable bonds is 1. The first kappa shape index (κ1) is 10.2. The molecule has 0 bridgehead atoms. The molecule has 5 heteroatoms. The second-order valence-corrected chi connectivity index (χ2v) is 4.86. The third kappa shape index (κ3) is 1.50. The molecule has 1 aromatic carbocycles. The summed E-state index contributed by atoms with van der Waals surface area (Å²) in [7, 11) is -1.40. The first-order valence-electron chi connectivity index (χ1n) is 4.13. The van der Waals surface area contributed by atoms with Gasteiger partial charge in [-0.25, -0.2) is 0 Å². The molecule has 0 fully saturated rings. The van der Waals surface area contributed by atoms with Crippen molar-refractivity contribution in [2.24, 2.45) is 0 Å². The lowest BCUT2D eigenvalue weighted by Crippen LogP contribution is -2.32. The van der Waals surface area contributed by atoms with Gasteiger partial charge in [-0.2, -0.15) is 0 Å². The Morgan fingerprint density at radius 3 is 2.71 bits per heavy atom. The van der Waals surface area contributed by atoms with Crippen molar-refractivity contribution >= 4 is 49.9 Å². The van der Waals surface area contributed by atoms with Gasteiger partial charge in [0, 0.05) is 25.4 Å². The molecule has 0 saturated carbocycles. The number of thiophene rings is 1. The molecule has 0 spiro atoms. The zero-order chi connectivity index (χ0) is 10.3. The highest BCUT2D eigenvalue weighted by Gasteiger charge is 2.19. The number of hydrogen-bond donors (Lipinski definition) is 2. The molecule has 0 saturated heterocycles. The molecule has 0 radical (unpaired) electrons. The normalized spacial score (nSPS) is 10.9. The number of aryl methyl sites for hydroxylation is 1. The van der Waals surface area contributed by atoms with Crippen molar-refractivity contribution in [3.8, 4) is 0 Å². The quantitative estimate of drug-likeness (QED) is 0.774. The van der Waals surface area contributed by atoms with Crippen LogP contribution in [-0.4, -0.2) is 17.2 Å². The molecule has 1 heterocycles. The minimum absolute atomic E-state index is 0.609. The Morgan fingerprint density at radius 1 is 1.36 bits per heavy atom. The number of fused-ring (bicyclic) bond motifs is 1. The molecule has 2 aromatic rings. The topological polar surface area (TPSA) is 40.5 Å². The van der Waals surface area contributed by atoms with Crippen LogP contribution in [0.2, 0.25) is 0 Å². The highest BCUT2D eigenvalue weighted by molar-refractivity contribution is 9.10. The maximum atomic E-state index is 9.26. The number of benzene rings is 1. The lowest BCUT2D eigenvalue weighted by Gasteiger charge is -2.05. The van der Waals surface area contributed by atoms with E-state index in [-0.39, 0.29) is 0 Å². The van der Waals surface area contributed by atoms with Crippen molar-refractivity contribution in [1.29, 1.82) is 0 Å². The van der Waals surface area contributed by atoms with Gasteiger partial charge in [0.15, 0.2) is 0 Å². The largest absolute Gasteiger partial charge is 0.490 e. The van der Waals surface area contributed by atoms with Crippen molar-refractivity contribution in [1.82, 2.24) is 0 Å². The van der Waals surface area contributed by atoms with Gasteiger partial charge in [0.1, 0.15) is 0 Å². The summed E-state index contributed by atoms with van der Waals surface area (Å²) in [6, 6.07) is 3.88. The third-order valence-electron chi connectivity index (χ3n) is 2.21. The smallest absolute Gasteiger partial charge is 0.423 e. The fourth-order valence-electron chi connectivity index (χ4n) is 1.51. The Bertz CT molecular complexity index is 481. The molecule has 14 heavy (non-hydrogen) atoms. The standard InChI is InChI=1S/C9H8BBrO2S/c1-5-2-3-6-7(11)4-14-9(6)8(5)10(12)13/h2-4,12-13H,1H3. The van der Waals surface area contributed by atoms with E-state index in [0.717, 1.165) is 20.1 Å². The molecular weight excluding hydrogens is 263 g/mol. The Morgan fingerprint density at radius 2 is 2.07 bits per heavy atom. The Kier molecular flexibility index (Phi) is 2.66. The van der Waals surface area contributed by atoms with E-state index in [4.69, 9.17) is 0 Å². The average molecular weight is 271 g/mol. The van der Waals surface area contributed by atoms with E-state index in [1.165, 1.54) is 11.3 Å². The molecule has 0 aliphatic rings. The average Bonchev–Trinajstić information content (AvgIpc) is 2.47. The predicted octanol–water partition coefficient (Wildman–Crippen LogP) is 1.65. The van der Waals surface area contributed by atoms with Crippen molar-refractivity contribution in [2.75, 3.05) is 0 Å². The summed E-state index contributed by atoms with van der Waals surface area (Å²) in [6.45, 7) is 1.88. The van der Waals surface area contributed by atoms with E-state index >= 15 is 0 Å². The molecule has 2 nitrogen and oxygen atoms in total. The maximum absolute atomic E-state index is 9.26. The maximum Gasteiger partial charge on any atom is 0.490 e.